The average Bonchev–Trinajstić information content (AvgIpc) is 4.01. The van der Waals surface area contributed by atoms with E-state index in [1.54, 1.807) is 36.4 Å². The van der Waals surface area contributed by atoms with Gasteiger partial charge in [0.2, 0.25) is 29.5 Å². The van der Waals surface area contributed by atoms with E-state index >= 15 is 0 Å². The molecular weight excluding hydrogens is 975 g/mol. The van der Waals surface area contributed by atoms with Crippen LogP contribution in [0.2, 0.25) is 0 Å². The third-order valence-corrected chi connectivity index (χ3v) is 14.1. The van der Waals surface area contributed by atoms with Crippen LogP contribution in [-0.4, -0.2) is 147 Å². The lowest BCUT2D eigenvalue weighted by Gasteiger charge is -2.34. The maximum atomic E-state index is 14.4. The van der Waals surface area contributed by atoms with Crippen molar-refractivity contribution in [3.8, 4) is 33.8 Å². The molecule has 7 rings (SSSR count). The quantitative estimate of drug-likeness (QED) is 0.0858. The third-order valence-electron chi connectivity index (χ3n) is 14.1. The third kappa shape index (κ3) is 14.3. The number of phenolic OH excluding ortho intramolecular Hbond substituents is 1. The molecule has 3 saturated heterocycles. The van der Waals surface area contributed by atoms with Crippen LogP contribution in [0.1, 0.15) is 88.1 Å². The second kappa shape index (κ2) is 25.4. The summed E-state index contributed by atoms with van der Waals surface area (Å²) in [6, 6.07) is 21.4. The van der Waals surface area contributed by atoms with E-state index in [0.717, 1.165) is 52.2 Å². The van der Waals surface area contributed by atoms with Gasteiger partial charge in [-0.3, -0.25) is 33.6 Å². The van der Waals surface area contributed by atoms with Gasteiger partial charge in [0.25, 0.3) is 11.8 Å². The molecule has 3 aliphatic rings. The molecule has 20 heteroatoms. The summed E-state index contributed by atoms with van der Waals surface area (Å²) in [4.78, 5) is 101. The van der Waals surface area contributed by atoms with Gasteiger partial charge in [0.05, 0.1) is 18.8 Å². The molecule has 0 spiro atoms. The van der Waals surface area contributed by atoms with E-state index in [9.17, 15) is 48.9 Å². The zero-order valence-electron chi connectivity index (χ0n) is 43.2. The highest BCUT2D eigenvalue weighted by atomic mass is 16.5. The topological polar surface area (TPSA) is 308 Å². The number of benzene rings is 4. The van der Waals surface area contributed by atoms with Gasteiger partial charge in [-0.2, -0.15) is 0 Å². The molecule has 0 bridgehead atoms. The largest absolute Gasteiger partial charge is 0.508 e. The molecule has 12 N–H and O–H groups in total. The monoisotopic (exact) mass is 1050 g/mol. The van der Waals surface area contributed by atoms with Gasteiger partial charge in [-0.25, -0.2) is 0 Å². The molecule has 1 unspecified atom stereocenters. The molecule has 3 fully saturated rings. The molecule has 4 aromatic rings. The van der Waals surface area contributed by atoms with Crippen molar-refractivity contribution in [3.63, 3.8) is 0 Å². The SMILES string of the molecule is CCCCCOc1ccc(-c2ccc(-c3ccc(C(=O)N[C@H]4CCCNC(=O)[C@@H]5C[C@H](N)CN5C(=O)[C@@](C)(N)NC(=O)C(CCc5ccc(O)cc5)NC(=O)[C@@H]5C[C@@H](O)CN5C(=O)[C@H]([C@@H](C)O)NC4=O)cc3)cc2)cc1. The van der Waals surface area contributed by atoms with Crippen LogP contribution in [0.5, 0.6) is 11.5 Å². The first-order valence-electron chi connectivity index (χ1n) is 26.1. The maximum Gasteiger partial charge on any atom is 0.263 e. The Morgan fingerprint density at radius 1 is 0.789 bits per heavy atom. The molecule has 76 heavy (non-hydrogen) atoms. The fraction of sp³-hybridized carbons (Fsp3) is 0.446. The van der Waals surface area contributed by atoms with E-state index in [-0.39, 0.29) is 69.5 Å². The Balaban J connectivity index is 1.10. The number of rotatable bonds is 13. The van der Waals surface area contributed by atoms with E-state index in [4.69, 9.17) is 16.2 Å². The predicted molar refractivity (Wildman–Crippen MR) is 283 cm³/mol. The number of unbranched alkanes of at least 4 members (excludes halogenated alkanes) is 2. The summed E-state index contributed by atoms with van der Waals surface area (Å²) >= 11 is 0. The highest BCUT2D eigenvalue weighted by molar-refractivity contribution is 6.00. The number of carbonyl (C=O) groups is 7. The van der Waals surface area contributed by atoms with Gasteiger partial charge in [-0.1, -0.05) is 80.4 Å². The lowest BCUT2D eigenvalue weighted by molar-refractivity contribution is -0.146. The number of aliphatic hydroxyl groups excluding tert-OH is 2. The van der Waals surface area contributed by atoms with E-state index in [1.807, 2.05) is 48.5 Å². The molecule has 0 aromatic heterocycles. The van der Waals surface area contributed by atoms with Gasteiger partial charge in [-0.15, -0.1) is 0 Å². The Labute approximate surface area is 442 Å². The molecule has 3 aliphatic heterocycles. The van der Waals surface area contributed by atoms with Crippen molar-refractivity contribution in [2.45, 2.75) is 133 Å². The Morgan fingerprint density at radius 2 is 1.39 bits per heavy atom. The summed E-state index contributed by atoms with van der Waals surface area (Å²) < 4.78 is 5.86. The maximum absolute atomic E-state index is 14.4. The van der Waals surface area contributed by atoms with E-state index in [0.29, 0.717) is 12.2 Å². The van der Waals surface area contributed by atoms with Crippen molar-refractivity contribution in [2.75, 3.05) is 26.2 Å². The second-order valence-corrected chi connectivity index (χ2v) is 20.2. The fourth-order valence-electron chi connectivity index (χ4n) is 9.77. The number of hydrogen-bond acceptors (Lipinski definition) is 13. The second-order valence-electron chi connectivity index (χ2n) is 20.2. The number of hydrogen-bond donors (Lipinski definition) is 10. The smallest absolute Gasteiger partial charge is 0.263 e. The van der Waals surface area contributed by atoms with Crippen LogP contribution in [0.4, 0.5) is 0 Å². The Morgan fingerprint density at radius 3 is 2.01 bits per heavy atom. The molecule has 9 atom stereocenters. The number of nitrogens with one attached hydrogen (secondary N) is 5. The molecule has 4 aromatic carbocycles. The van der Waals surface area contributed by atoms with E-state index in [2.05, 4.69) is 33.5 Å². The Hall–Kier alpha value is -7.39. The van der Waals surface area contributed by atoms with Crippen molar-refractivity contribution in [1.82, 2.24) is 36.4 Å². The van der Waals surface area contributed by atoms with Gasteiger partial charge in [0, 0.05) is 37.7 Å². The van der Waals surface area contributed by atoms with Crippen molar-refractivity contribution in [2.24, 2.45) is 11.5 Å². The Bertz CT molecular complexity index is 2680. The molecular formula is C56H71N9O11. The summed E-state index contributed by atoms with van der Waals surface area (Å²) in [5.41, 5.74) is 15.4. The molecule has 7 amide bonds. The number of nitrogens with zero attached hydrogens (tertiary/aromatic N) is 2. The minimum Gasteiger partial charge on any atom is -0.508 e. The van der Waals surface area contributed by atoms with Crippen LogP contribution >= 0.6 is 0 Å². The highest BCUT2D eigenvalue weighted by Gasteiger charge is 2.47. The van der Waals surface area contributed by atoms with Gasteiger partial charge < -0.3 is 67.9 Å². The van der Waals surface area contributed by atoms with Crippen LogP contribution in [0.15, 0.2) is 97.1 Å². The van der Waals surface area contributed by atoms with Gasteiger partial charge in [0.15, 0.2) is 5.66 Å². The molecule has 0 radical (unpaired) electrons. The number of carbonyl (C=O) groups excluding carboxylic acids is 7. The van der Waals surface area contributed by atoms with Crippen LogP contribution in [-0.2, 0) is 35.2 Å². The highest BCUT2D eigenvalue weighted by Crippen LogP contribution is 2.28. The zero-order valence-corrected chi connectivity index (χ0v) is 43.2. The van der Waals surface area contributed by atoms with Crippen molar-refractivity contribution in [1.29, 1.82) is 0 Å². The first-order valence-corrected chi connectivity index (χ1v) is 26.1. The summed E-state index contributed by atoms with van der Waals surface area (Å²) in [7, 11) is 0. The van der Waals surface area contributed by atoms with Gasteiger partial charge >= 0.3 is 0 Å². The molecule has 3 heterocycles. The summed E-state index contributed by atoms with van der Waals surface area (Å²) in [6.07, 6.45) is 0.480. The van der Waals surface area contributed by atoms with Crippen LogP contribution in [0.3, 0.4) is 0 Å². The van der Waals surface area contributed by atoms with Crippen molar-refractivity contribution in [3.05, 3.63) is 108 Å². The van der Waals surface area contributed by atoms with Crippen LogP contribution in [0, 0.1) is 0 Å². The Kier molecular flexibility index (Phi) is 18.9. The molecule has 20 nitrogen and oxygen atoms in total. The number of fused-ring (bicyclic) bond motifs is 2. The van der Waals surface area contributed by atoms with Crippen LogP contribution < -0.4 is 42.8 Å². The predicted octanol–water partition coefficient (Wildman–Crippen LogP) is 1.97. The molecule has 0 aliphatic carbocycles. The number of aromatic hydroxyl groups is 1. The van der Waals surface area contributed by atoms with Crippen molar-refractivity contribution >= 4 is 41.4 Å². The summed E-state index contributed by atoms with van der Waals surface area (Å²) in [5, 5.41) is 45.0. The number of aliphatic hydroxyl groups is 2. The van der Waals surface area contributed by atoms with Crippen LogP contribution in [0.25, 0.3) is 22.3 Å². The van der Waals surface area contributed by atoms with E-state index in [1.165, 1.54) is 30.9 Å². The normalized spacial score (nSPS) is 25.5. The molecule has 406 valence electrons. The first-order chi connectivity index (χ1) is 36.3. The average molecular weight is 1050 g/mol. The van der Waals surface area contributed by atoms with Gasteiger partial charge in [-0.05, 0) is 117 Å². The lowest BCUT2D eigenvalue weighted by Crippen LogP contribution is -2.67. The van der Waals surface area contributed by atoms with E-state index < -0.39 is 95.5 Å². The summed E-state index contributed by atoms with van der Waals surface area (Å²) in [6.45, 7) is 4.89. The minimum absolute atomic E-state index is 0.0116. The lowest BCUT2D eigenvalue weighted by atomic mass is 9.99. The minimum atomic E-state index is -2.11. The van der Waals surface area contributed by atoms with Gasteiger partial charge in [0.1, 0.15) is 41.7 Å². The first kappa shape index (κ1) is 56.3. The fourth-order valence-corrected chi connectivity index (χ4v) is 9.77. The number of phenols is 1. The molecule has 0 saturated carbocycles. The standard InChI is InChI=1S/C56H71N9O11/c1-4-5-6-28-76-43-24-20-38(21-25-43)36-14-12-35(13-15-36)37-16-18-39(19-17-37)49(69)60-44-8-7-27-59-52(72)46-29-40(57)31-65(46)55(75)56(3,58)63-51(71)45(26-11-34-9-22-41(67)23-10-34)61-53(73)47-30-42(68)32-64(47)54(74)48(33(2)66)62-50(44)70/h9-10,12-25,33,40,42,44-48,66-68H,4-8,11,26-32,57-58H2,1-3H3,(H,59,72)(H,60,69)(H,61,73)(H,62,70)(H,63,71)/t33-,40+,42-,44+,45?,46+,47+,48+,56+/m1/s1. The summed E-state index contributed by atoms with van der Waals surface area (Å²) in [5.74, 6) is -4.71. The van der Waals surface area contributed by atoms with Crippen molar-refractivity contribution < 1.29 is 53.6 Å². The number of nitrogens with two attached hydrogens (primary N) is 2. The number of aryl methyl sites for hydroxylation is 1. The zero-order chi connectivity index (χ0) is 54.7. The number of amides is 7. The number of ether oxygens (including phenoxy) is 1.